The van der Waals surface area contributed by atoms with Crippen molar-refractivity contribution in [1.82, 2.24) is 15.3 Å². The normalized spacial score (nSPS) is 14.5. The summed E-state index contributed by atoms with van der Waals surface area (Å²) in [5, 5.41) is 3.13. The standard InChI is InChI=1S/C21H23N3O3S/c1-28-12-9-17(20-22-15-5-2-3-6-16(15)23-20)24-21(25)14-7-8-18-19(13-14)27-11-4-10-26-18/h2-3,5-8,13,17H,4,9-12H2,1H3,(H,22,23)(H,24,25)/t17-/m0/s1. The maximum atomic E-state index is 12.9. The van der Waals surface area contributed by atoms with Crippen molar-refractivity contribution < 1.29 is 14.3 Å². The minimum absolute atomic E-state index is 0.151. The molecule has 0 saturated carbocycles. The van der Waals surface area contributed by atoms with Gasteiger partial charge < -0.3 is 19.8 Å². The number of imidazole rings is 1. The van der Waals surface area contributed by atoms with Gasteiger partial charge in [0.2, 0.25) is 0 Å². The maximum Gasteiger partial charge on any atom is 0.252 e. The summed E-state index contributed by atoms with van der Waals surface area (Å²) >= 11 is 1.75. The monoisotopic (exact) mass is 397 g/mol. The lowest BCUT2D eigenvalue weighted by atomic mass is 10.1. The summed E-state index contributed by atoms with van der Waals surface area (Å²) < 4.78 is 11.4. The molecule has 1 aromatic heterocycles. The third-order valence-electron chi connectivity index (χ3n) is 4.66. The number of ether oxygens (including phenoxy) is 2. The summed E-state index contributed by atoms with van der Waals surface area (Å²) in [6.07, 6.45) is 3.68. The van der Waals surface area contributed by atoms with Crippen molar-refractivity contribution in [3.05, 3.63) is 53.9 Å². The topological polar surface area (TPSA) is 76.2 Å². The molecule has 4 rings (SSSR count). The molecule has 1 aliphatic heterocycles. The second kappa shape index (κ2) is 8.56. The van der Waals surface area contributed by atoms with Gasteiger partial charge in [0.15, 0.2) is 11.5 Å². The number of nitrogens with zero attached hydrogens (tertiary/aromatic N) is 1. The molecule has 0 unspecified atom stereocenters. The van der Waals surface area contributed by atoms with E-state index >= 15 is 0 Å². The number of carbonyl (C=O) groups excluding carboxylic acids is 1. The third kappa shape index (κ3) is 4.09. The van der Waals surface area contributed by atoms with Gasteiger partial charge in [-0.2, -0.15) is 11.8 Å². The zero-order valence-corrected chi connectivity index (χ0v) is 16.6. The van der Waals surface area contributed by atoms with Crippen molar-refractivity contribution in [3.63, 3.8) is 0 Å². The molecule has 1 atom stereocenters. The number of aromatic nitrogens is 2. The maximum absolute atomic E-state index is 12.9. The Bertz CT molecular complexity index is 939. The van der Waals surface area contributed by atoms with Crippen molar-refractivity contribution >= 4 is 28.7 Å². The fourth-order valence-electron chi connectivity index (χ4n) is 3.20. The Labute approximate surface area is 168 Å². The highest BCUT2D eigenvalue weighted by Gasteiger charge is 2.20. The van der Waals surface area contributed by atoms with E-state index in [9.17, 15) is 4.79 Å². The van der Waals surface area contributed by atoms with Gasteiger partial charge in [-0.1, -0.05) is 12.1 Å². The smallest absolute Gasteiger partial charge is 0.252 e. The second-order valence-corrected chi connectivity index (χ2v) is 7.64. The molecule has 0 spiro atoms. The molecular weight excluding hydrogens is 374 g/mol. The number of para-hydroxylation sites is 2. The molecule has 2 aromatic carbocycles. The number of H-pyrrole nitrogens is 1. The Morgan fingerprint density at radius 1 is 1.21 bits per heavy atom. The van der Waals surface area contributed by atoms with Crippen LogP contribution in [0.25, 0.3) is 11.0 Å². The molecule has 7 heteroatoms. The molecule has 2 heterocycles. The average molecular weight is 398 g/mol. The number of rotatable bonds is 6. The zero-order valence-electron chi connectivity index (χ0n) is 15.7. The van der Waals surface area contributed by atoms with Gasteiger partial charge in [0.25, 0.3) is 5.91 Å². The van der Waals surface area contributed by atoms with Crippen LogP contribution in [0.1, 0.15) is 35.1 Å². The minimum Gasteiger partial charge on any atom is -0.490 e. The van der Waals surface area contributed by atoms with Crippen molar-refractivity contribution in [1.29, 1.82) is 0 Å². The Kier molecular flexibility index (Phi) is 5.71. The van der Waals surface area contributed by atoms with Crippen LogP contribution in [0, 0.1) is 0 Å². The molecule has 1 amide bonds. The van der Waals surface area contributed by atoms with Crippen molar-refractivity contribution in [3.8, 4) is 11.5 Å². The molecule has 0 aliphatic carbocycles. The number of aromatic amines is 1. The van der Waals surface area contributed by atoms with Crippen LogP contribution in [0.5, 0.6) is 11.5 Å². The van der Waals surface area contributed by atoms with Gasteiger partial charge in [-0.25, -0.2) is 4.98 Å². The lowest BCUT2D eigenvalue weighted by Gasteiger charge is -2.17. The van der Waals surface area contributed by atoms with E-state index in [1.807, 2.05) is 24.3 Å². The molecule has 2 N–H and O–H groups in total. The highest BCUT2D eigenvalue weighted by atomic mass is 32.2. The quantitative estimate of drug-likeness (QED) is 0.659. The van der Waals surface area contributed by atoms with E-state index in [-0.39, 0.29) is 11.9 Å². The van der Waals surface area contributed by atoms with E-state index < -0.39 is 0 Å². The number of fused-ring (bicyclic) bond motifs is 2. The second-order valence-electron chi connectivity index (χ2n) is 6.66. The summed E-state index contributed by atoms with van der Waals surface area (Å²) in [5.41, 5.74) is 2.42. The fraction of sp³-hybridized carbons (Fsp3) is 0.333. The van der Waals surface area contributed by atoms with Crippen LogP contribution in [-0.2, 0) is 0 Å². The van der Waals surface area contributed by atoms with Gasteiger partial charge >= 0.3 is 0 Å². The van der Waals surface area contributed by atoms with E-state index in [1.54, 1.807) is 30.0 Å². The summed E-state index contributed by atoms with van der Waals surface area (Å²) in [6, 6.07) is 13.0. The number of benzene rings is 2. The number of nitrogens with one attached hydrogen (secondary N) is 2. The van der Waals surface area contributed by atoms with Crippen molar-refractivity contribution in [2.45, 2.75) is 18.9 Å². The first kappa shape index (κ1) is 18.7. The van der Waals surface area contributed by atoms with Gasteiger partial charge in [-0.3, -0.25) is 4.79 Å². The highest BCUT2D eigenvalue weighted by Crippen LogP contribution is 2.30. The van der Waals surface area contributed by atoms with Gasteiger partial charge in [-0.05, 0) is 48.8 Å². The van der Waals surface area contributed by atoms with E-state index in [1.165, 1.54) is 0 Å². The molecule has 28 heavy (non-hydrogen) atoms. The van der Waals surface area contributed by atoms with Crippen LogP contribution in [0.4, 0.5) is 0 Å². The van der Waals surface area contributed by atoms with E-state index in [0.29, 0.717) is 30.3 Å². The van der Waals surface area contributed by atoms with Gasteiger partial charge in [0, 0.05) is 12.0 Å². The molecule has 6 nitrogen and oxygen atoms in total. The molecule has 0 radical (unpaired) electrons. The van der Waals surface area contributed by atoms with Gasteiger partial charge in [0.1, 0.15) is 5.82 Å². The van der Waals surface area contributed by atoms with Crippen molar-refractivity contribution in [2.24, 2.45) is 0 Å². The lowest BCUT2D eigenvalue weighted by molar-refractivity contribution is 0.0933. The molecule has 3 aromatic rings. The number of hydrogen-bond donors (Lipinski definition) is 2. The number of hydrogen-bond acceptors (Lipinski definition) is 5. The summed E-state index contributed by atoms with van der Waals surface area (Å²) in [7, 11) is 0. The molecule has 1 aliphatic rings. The fourth-order valence-corrected chi connectivity index (χ4v) is 3.67. The lowest BCUT2D eigenvalue weighted by Crippen LogP contribution is -2.29. The Hall–Kier alpha value is -2.67. The first-order valence-electron chi connectivity index (χ1n) is 9.38. The first-order chi connectivity index (χ1) is 13.7. The SMILES string of the molecule is CSCC[C@H](NC(=O)c1ccc2c(c1)OCCCO2)c1nc2ccccc2[nH]1. The summed E-state index contributed by atoms with van der Waals surface area (Å²) in [5.74, 6) is 2.85. The summed E-state index contributed by atoms with van der Waals surface area (Å²) in [4.78, 5) is 20.9. The molecule has 146 valence electrons. The first-order valence-corrected chi connectivity index (χ1v) is 10.8. The Morgan fingerprint density at radius 2 is 2.04 bits per heavy atom. The van der Waals surface area contributed by atoms with Crippen LogP contribution in [-0.4, -0.2) is 41.1 Å². The number of amides is 1. The third-order valence-corrected chi connectivity index (χ3v) is 5.31. The van der Waals surface area contributed by atoms with E-state index in [4.69, 9.17) is 9.47 Å². The average Bonchev–Trinajstić information content (AvgIpc) is 3.01. The van der Waals surface area contributed by atoms with Crippen LogP contribution >= 0.6 is 11.8 Å². The van der Waals surface area contributed by atoms with E-state index in [2.05, 4.69) is 21.5 Å². The summed E-state index contributed by atoms with van der Waals surface area (Å²) in [6.45, 7) is 1.22. The van der Waals surface area contributed by atoms with E-state index in [0.717, 1.165) is 35.5 Å². The molecular formula is C21H23N3O3S. The number of carbonyl (C=O) groups is 1. The predicted molar refractivity (Wildman–Crippen MR) is 111 cm³/mol. The van der Waals surface area contributed by atoms with Crippen LogP contribution in [0.3, 0.4) is 0 Å². The van der Waals surface area contributed by atoms with Gasteiger partial charge in [0.05, 0.1) is 30.3 Å². The molecule has 0 bridgehead atoms. The van der Waals surface area contributed by atoms with Crippen molar-refractivity contribution in [2.75, 3.05) is 25.2 Å². The highest BCUT2D eigenvalue weighted by molar-refractivity contribution is 7.98. The molecule has 0 fully saturated rings. The molecule has 0 saturated heterocycles. The van der Waals surface area contributed by atoms with Crippen LogP contribution in [0.15, 0.2) is 42.5 Å². The van der Waals surface area contributed by atoms with Crippen LogP contribution in [0.2, 0.25) is 0 Å². The Balaban J connectivity index is 1.56. The number of thioether (sulfide) groups is 1. The largest absolute Gasteiger partial charge is 0.490 e. The Morgan fingerprint density at radius 3 is 2.86 bits per heavy atom. The van der Waals surface area contributed by atoms with Crippen LogP contribution < -0.4 is 14.8 Å². The predicted octanol–water partition coefficient (Wildman–Crippen LogP) is 3.95. The minimum atomic E-state index is -0.191. The zero-order chi connectivity index (χ0) is 19.3. The van der Waals surface area contributed by atoms with Gasteiger partial charge in [-0.15, -0.1) is 0 Å².